The monoisotopic (exact) mass is 241 g/mol. The third kappa shape index (κ3) is 1.85. The van der Waals surface area contributed by atoms with Crippen LogP contribution in [-0.4, -0.2) is 16.3 Å². The average molecular weight is 241 g/mol. The number of aromatic nitrogens is 2. The molecule has 2 aromatic rings. The van der Waals surface area contributed by atoms with E-state index in [-0.39, 0.29) is 0 Å². The third-order valence-corrected chi connectivity index (χ3v) is 3.81. The van der Waals surface area contributed by atoms with Gasteiger partial charge in [0.15, 0.2) is 0 Å². The van der Waals surface area contributed by atoms with Crippen molar-refractivity contribution in [2.24, 2.45) is 7.05 Å². The highest BCUT2D eigenvalue weighted by atomic mass is 15.3. The largest absolute Gasteiger partial charge is 0.309 e. The maximum Gasteiger partial charge on any atom is 0.0628 e. The summed E-state index contributed by atoms with van der Waals surface area (Å²) in [5, 5.41) is 8.02. The molecule has 0 bridgehead atoms. The van der Waals surface area contributed by atoms with E-state index in [1.54, 1.807) is 0 Å². The van der Waals surface area contributed by atoms with Crippen molar-refractivity contribution in [3.05, 3.63) is 41.7 Å². The molecule has 0 saturated carbocycles. The molecular weight excluding hydrogens is 222 g/mol. The van der Waals surface area contributed by atoms with Gasteiger partial charge in [-0.25, -0.2) is 0 Å². The first kappa shape index (κ1) is 11.5. The molecule has 1 aromatic heterocycles. The van der Waals surface area contributed by atoms with Crippen LogP contribution >= 0.6 is 0 Å². The van der Waals surface area contributed by atoms with E-state index >= 15 is 0 Å². The van der Waals surface area contributed by atoms with Gasteiger partial charge in [0, 0.05) is 18.7 Å². The van der Waals surface area contributed by atoms with Gasteiger partial charge in [-0.2, -0.15) is 5.10 Å². The Labute approximate surface area is 108 Å². The molecule has 2 heterocycles. The predicted molar refractivity (Wildman–Crippen MR) is 73.4 cm³/mol. The zero-order valence-corrected chi connectivity index (χ0v) is 11.0. The number of benzene rings is 1. The normalized spacial score (nSPS) is 19.3. The summed E-state index contributed by atoms with van der Waals surface area (Å²) < 4.78 is 2.02. The highest BCUT2D eigenvalue weighted by molar-refractivity contribution is 5.69. The van der Waals surface area contributed by atoms with Gasteiger partial charge >= 0.3 is 0 Å². The summed E-state index contributed by atoms with van der Waals surface area (Å²) in [6.45, 7) is 3.28. The van der Waals surface area contributed by atoms with E-state index in [4.69, 9.17) is 0 Å². The maximum atomic E-state index is 4.46. The molecule has 1 saturated heterocycles. The van der Waals surface area contributed by atoms with E-state index < -0.39 is 0 Å². The van der Waals surface area contributed by atoms with Gasteiger partial charge in [0.1, 0.15) is 0 Å². The number of aryl methyl sites for hydroxylation is 2. The minimum atomic E-state index is 0.451. The van der Waals surface area contributed by atoms with Gasteiger partial charge < -0.3 is 5.32 Å². The fourth-order valence-corrected chi connectivity index (χ4v) is 2.86. The topological polar surface area (TPSA) is 29.9 Å². The molecule has 94 valence electrons. The highest BCUT2D eigenvalue weighted by Gasteiger charge is 2.23. The summed E-state index contributed by atoms with van der Waals surface area (Å²) in [7, 11) is 2.04. The van der Waals surface area contributed by atoms with Crippen LogP contribution in [0.4, 0.5) is 0 Å². The Kier molecular flexibility index (Phi) is 2.92. The Bertz CT molecular complexity index is 551. The van der Waals surface area contributed by atoms with Crippen molar-refractivity contribution in [2.45, 2.75) is 25.8 Å². The van der Waals surface area contributed by atoms with Gasteiger partial charge in [0.2, 0.25) is 0 Å². The standard InChI is InChI=1S/C15H19N3/c1-11-6-3-4-7-12(11)13-10-17-18(2)15(13)14-8-5-9-16-14/h3-4,6-7,10,14,16H,5,8-9H2,1-2H3. The van der Waals surface area contributed by atoms with Crippen molar-refractivity contribution in [1.82, 2.24) is 15.1 Å². The van der Waals surface area contributed by atoms with Crippen LogP contribution in [-0.2, 0) is 7.05 Å². The minimum Gasteiger partial charge on any atom is -0.309 e. The van der Waals surface area contributed by atoms with Crippen LogP contribution in [0.25, 0.3) is 11.1 Å². The first-order chi connectivity index (χ1) is 8.77. The average Bonchev–Trinajstić information content (AvgIpc) is 2.98. The number of hydrogen-bond donors (Lipinski definition) is 1. The highest BCUT2D eigenvalue weighted by Crippen LogP contribution is 2.33. The lowest BCUT2D eigenvalue weighted by molar-refractivity contribution is 0.575. The smallest absolute Gasteiger partial charge is 0.0628 e. The summed E-state index contributed by atoms with van der Waals surface area (Å²) in [6, 6.07) is 8.98. The fraction of sp³-hybridized carbons (Fsp3) is 0.400. The number of hydrogen-bond acceptors (Lipinski definition) is 2. The Hall–Kier alpha value is -1.61. The molecule has 1 unspecified atom stereocenters. The summed E-state index contributed by atoms with van der Waals surface area (Å²) in [5.41, 5.74) is 5.20. The van der Waals surface area contributed by atoms with Crippen LogP contribution in [0.2, 0.25) is 0 Å². The van der Waals surface area contributed by atoms with Crippen LogP contribution in [0.15, 0.2) is 30.5 Å². The molecule has 1 atom stereocenters. The van der Waals surface area contributed by atoms with Crippen molar-refractivity contribution >= 4 is 0 Å². The van der Waals surface area contributed by atoms with E-state index in [0.29, 0.717) is 6.04 Å². The molecule has 1 N–H and O–H groups in total. The Morgan fingerprint density at radius 2 is 2.11 bits per heavy atom. The second-order valence-corrected chi connectivity index (χ2v) is 5.03. The van der Waals surface area contributed by atoms with E-state index in [1.807, 2.05) is 17.9 Å². The Morgan fingerprint density at radius 3 is 2.83 bits per heavy atom. The van der Waals surface area contributed by atoms with E-state index in [1.165, 1.54) is 35.2 Å². The number of nitrogens with one attached hydrogen (secondary N) is 1. The molecule has 1 fully saturated rings. The molecule has 3 nitrogen and oxygen atoms in total. The summed E-state index contributed by atoms with van der Waals surface area (Å²) in [5.74, 6) is 0. The van der Waals surface area contributed by atoms with Crippen LogP contribution in [0.5, 0.6) is 0 Å². The maximum absolute atomic E-state index is 4.46. The second-order valence-electron chi connectivity index (χ2n) is 5.03. The van der Waals surface area contributed by atoms with Crippen molar-refractivity contribution in [2.75, 3.05) is 6.54 Å². The van der Waals surface area contributed by atoms with E-state index in [2.05, 4.69) is 41.6 Å². The van der Waals surface area contributed by atoms with Gasteiger partial charge in [-0.05, 0) is 37.4 Å². The van der Waals surface area contributed by atoms with Crippen LogP contribution in [0.3, 0.4) is 0 Å². The fourth-order valence-electron chi connectivity index (χ4n) is 2.86. The van der Waals surface area contributed by atoms with Crippen molar-refractivity contribution < 1.29 is 0 Å². The van der Waals surface area contributed by atoms with Crippen LogP contribution in [0.1, 0.15) is 30.1 Å². The van der Waals surface area contributed by atoms with E-state index in [9.17, 15) is 0 Å². The van der Waals surface area contributed by atoms with Gasteiger partial charge in [-0.3, -0.25) is 4.68 Å². The molecule has 0 radical (unpaired) electrons. The lowest BCUT2D eigenvalue weighted by atomic mass is 9.98. The van der Waals surface area contributed by atoms with Crippen LogP contribution in [0, 0.1) is 6.92 Å². The molecule has 1 aliphatic rings. The molecule has 0 spiro atoms. The lowest BCUT2D eigenvalue weighted by Crippen LogP contribution is -2.17. The summed E-state index contributed by atoms with van der Waals surface area (Å²) >= 11 is 0. The first-order valence-corrected chi connectivity index (χ1v) is 6.58. The quantitative estimate of drug-likeness (QED) is 0.876. The molecule has 18 heavy (non-hydrogen) atoms. The minimum absolute atomic E-state index is 0.451. The second kappa shape index (κ2) is 4.58. The summed E-state index contributed by atoms with van der Waals surface area (Å²) in [4.78, 5) is 0. The van der Waals surface area contributed by atoms with Crippen molar-refractivity contribution in [3.8, 4) is 11.1 Å². The number of rotatable bonds is 2. The third-order valence-electron chi connectivity index (χ3n) is 3.81. The van der Waals surface area contributed by atoms with Gasteiger partial charge in [-0.15, -0.1) is 0 Å². The molecular formula is C15H19N3. The molecule has 1 aromatic carbocycles. The Balaban J connectivity index is 2.10. The van der Waals surface area contributed by atoms with Gasteiger partial charge in [0.25, 0.3) is 0 Å². The van der Waals surface area contributed by atoms with Gasteiger partial charge in [0.05, 0.1) is 11.9 Å². The first-order valence-electron chi connectivity index (χ1n) is 6.58. The zero-order valence-electron chi connectivity index (χ0n) is 11.0. The zero-order chi connectivity index (χ0) is 12.5. The molecule has 1 aliphatic heterocycles. The number of nitrogens with zero attached hydrogens (tertiary/aromatic N) is 2. The SMILES string of the molecule is Cc1ccccc1-c1cnn(C)c1C1CCCN1. The Morgan fingerprint density at radius 1 is 1.28 bits per heavy atom. The predicted octanol–water partition coefficient (Wildman–Crippen LogP) is 2.82. The summed E-state index contributed by atoms with van der Waals surface area (Å²) in [6.07, 6.45) is 4.46. The van der Waals surface area contributed by atoms with Gasteiger partial charge in [-0.1, -0.05) is 24.3 Å². The van der Waals surface area contributed by atoms with Crippen molar-refractivity contribution in [1.29, 1.82) is 0 Å². The molecule has 0 aliphatic carbocycles. The molecule has 3 heteroatoms. The van der Waals surface area contributed by atoms with Crippen LogP contribution < -0.4 is 5.32 Å². The van der Waals surface area contributed by atoms with E-state index in [0.717, 1.165) is 6.54 Å². The van der Waals surface area contributed by atoms with Crippen molar-refractivity contribution in [3.63, 3.8) is 0 Å². The molecule has 0 amide bonds. The molecule has 3 rings (SSSR count). The lowest BCUT2D eigenvalue weighted by Gasteiger charge is -2.14.